The number of rotatable bonds is 9. The molecule has 4 heteroatoms. The molecule has 2 unspecified atom stereocenters. The second-order valence-corrected chi connectivity index (χ2v) is 6.37. The molecule has 1 rings (SSSR count). The van der Waals surface area contributed by atoms with Crippen LogP contribution in [0, 0.1) is 17.8 Å². The van der Waals surface area contributed by atoms with Crippen molar-refractivity contribution in [3.8, 4) is 0 Å². The average Bonchev–Trinajstić information content (AvgIpc) is 2.86. The molecule has 1 aliphatic rings. The standard InChI is InChI=1S/C16H29NO3/c1-12(2)8-5-3-4-6-11-17-15(18)13-9-7-10-14(13)16(19)20/h12-14H,3-11H2,1-2H3,(H,17,18)(H,19,20). The van der Waals surface area contributed by atoms with Crippen molar-refractivity contribution in [3.63, 3.8) is 0 Å². The van der Waals surface area contributed by atoms with E-state index in [-0.39, 0.29) is 11.8 Å². The van der Waals surface area contributed by atoms with Gasteiger partial charge in [-0.2, -0.15) is 0 Å². The van der Waals surface area contributed by atoms with Gasteiger partial charge in [0.1, 0.15) is 0 Å². The lowest BCUT2D eigenvalue weighted by molar-refractivity contribution is -0.146. The zero-order chi connectivity index (χ0) is 15.0. The number of nitrogens with one attached hydrogen (secondary N) is 1. The molecule has 0 spiro atoms. The highest BCUT2D eigenvalue weighted by Crippen LogP contribution is 2.31. The SMILES string of the molecule is CC(C)CCCCCCNC(=O)C1CCCC1C(=O)O. The van der Waals surface area contributed by atoms with E-state index in [1.54, 1.807) is 0 Å². The van der Waals surface area contributed by atoms with E-state index >= 15 is 0 Å². The fraction of sp³-hybridized carbons (Fsp3) is 0.875. The molecule has 20 heavy (non-hydrogen) atoms. The van der Waals surface area contributed by atoms with E-state index in [2.05, 4.69) is 19.2 Å². The molecule has 1 fully saturated rings. The Hall–Kier alpha value is -1.06. The van der Waals surface area contributed by atoms with Gasteiger partial charge in [-0.25, -0.2) is 0 Å². The smallest absolute Gasteiger partial charge is 0.307 e. The van der Waals surface area contributed by atoms with Gasteiger partial charge in [0.2, 0.25) is 5.91 Å². The van der Waals surface area contributed by atoms with Gasteiger partial charge < -0.3 is 10.4 Å². The van der Waals surface area contributed by atoms with Crippen molar-refractivity contribution in [2.75, 3.05) is 6.54 Å². The summed E-state index contributed by atoms with van der Waals surface area (Å²) in [5, 5.41) is 12.0. The number of carbonyl (C=O) groups excluding carboxylic acids is 1. The van der Waals surface area contributed by atoms with Gasteiger partial charge in [-0.3, -0.25) is 9.59 Å². The zero-order valence-corrected chi connectivity index (χ0v) is 12.9. The molecular weight excluding hydrogens is 254 g/mol. The van der Waals surface area contributed by atoms with E-state index in [4.69, 9.17) is 5.11 Å². The average molecular weight is 283 g/mol. The van der Waals surface area contributed by atoms with Crippen LogP contribution < -0.4 is 5.32 Å². The molecule has 2 N–H and O–H groups in total. The molecule has 0 radical (unpaired) electrons. The van der Waals surface area contributed by atoms with Crippen LogP contribution in [0.25, 0.3) is 0 Å². The van der Waals surface area contributed by atoms with Crippen LogP contribution in [0.1, 0.15) is 65.2 Å². The van der Waals surface area contributed by atoms with Crippen molar-refractivity contribution in [3.05, 3.63) is 0 Å². The molecular formula is C16H29NO3. The fourth-order valence-electron chi connectivity index (χ4n) is 2.94. The van der Waals surface area contributed by atoms with Gasteiger partial charge in [0, 0.05) is 6.54 Å². The summed E-state index contributed by atoms with van der Waals surface area (Å²) >= 11 is 0. The predicted octanol–water partition coefficient (Wildman–Crippen LogP) is 3.21. The minimum absolute atomic E-state index is 0.0583. The largest absolute Gasteiger partial charge is 0.481 e. The Kier molecular flexibility index (Phi) is 7.63. The molecule has 1 aliphatic carbocycles. The molecule has 4 nitrogen and oxygen atoms in total. The Morgan fingerprint density at radius 1 is 1.10 bits per heavy atom. The molecule has 2 atom stereocenters. The van der Waals surface area contributed by atoms with Crippen LogP contribution in [-0.4, -0.2) is 23.5 Å². The summed E-state index contributed by atoms with van der Waals surface area (Å²) in [5.41, 5.74) is 0. The number of aliphatic carboxylic acids is 1. The summed E-state index contributed by atoms with van der Waals surface area (Å²) in [6.45, 7) is 5.16. The fourth-order valence-corrected chi connectivity index (χ4v) is 2.94. The lowest BCUT2D eigenvalue weighted by atomic mass is 9.95. The maximum Gasteiger partial charge on any atom is 0.307 e. The summed E-state index contributed by atoms with van der Waals surface area (Å²) in [5.74, 6) is -0.895. The Morgan fingerprint density at radius 3 is 2.40 bits per heavy atom. The maximum absolute atomic E-state index is 12.0. The third kappa shape index (κ3) is 5.93. The minimum atomic E-state index is -0.823. The van der Waals surface area contributed by atoms with E-state index in [1.165, 1.54) is 19.3 Å². The van der Waals surface area contributed by atoms with Gasteiger partial charge in [0.15, 0.2) is 0 Å². The molecule has 0 heterocycles. The summed E-state index contributed by atoms with van der Waals surface area (Å²) in [7, 11) is 0. The molecule has 1 amide bonds. The van der Waals surface area contributed by atoms with Gasteiger partial charge >= 0.3 is 5.97 Å². The molecule has 0 aromatic heterocycles. The summed E-state index contributed by atoms with van der Waals surface area (Å²) in [6, 6.07) is 0. The molecule has 1 saturated carbocycles. The Labute approximate surface area is 122 Å². The third-order valence-corrected chi connectivity index (χ3v) is 4.18. The number of hydrogen-bond acceptors (Lipinski definition) is 2. The van der Waals surface area contributed by atoms with Crippen LogP contribution in [0.3, 0.4) is 0 Å². The second-order valence-electron chi connectivity index (χ2n) is 6.37. The highest BCUT2D eigenvalue weighted by molar-refractivity contribution is 5.85. The Balaban J connectivity index is 2.09. The number of unbranched alkanes of at least 4 members (excludes halogenated alkanes) is 3. The van der Waals surface area contributed by atoms with Crippen LogP contribution in [-0.2, 0) is 9.59 Å². The van der Waals surface area contributed by atoms with Crippen molar-refractivity contribution >= 4 is 11.9 Å². The number of carboxylic acids is 1. The number of carbonyl (C=O) groups is 2. The molecule has 0 aromatic carbocycles. The van der Waals surface area contributed by atoms with E-state index in [9.17, 15) is 9.59 Å². The van der Waals surface area contributed by atoms with Gasteiger partial charge in [-0.15, -0.1) is 0 Å². The van der Waals surface area contributed by atoms with Crippen LogP contribution in [0.15, 0.2) is 0 Å². The van der Waals surface area contributed by atoms with Crippen molar-refractivity contribution < 1.29 is 14.7 Å². The van der Waals surface area contributed by atoms with Gasteiger partial charge in [0.25, 0.3) is 0 Å². The van der Waals surface area contributed by atoms with Crippen molar-refractivity contribution in [1.29, 1.82) is 0 Å². The molecule has 116 valence electrons. The molecule has 0 bridgehead atoms. The van der Waals surface area contributed by atoms with E-state index in [0.717, 1.165) is 31.6 Å². The van der Waals surface area contributed by atoms with E-state index in [0.29, 0.717) is 13.0 Å². The Bertz CT molecular complexity index is 315. The Morgan fingerprint density at radius 2 is 1.75 bits per heavy atom. The molecule has 0 saturated heterocycles. The van der Waals surface area contributed by atoms with Crippen molar-refractivity contribution in [1.82, 2.24) is 5.32 Å². The first-order valence-corrected chi connectivity index (χ1v) is 8.03. The minimum Gasteiger partial charge on any atom is -0.481 e. The summed E-state index contributed by atoms with van der Waals surface area (Å²) < 4.78 is 0. The number of amides is 1. The second kappa shape index (κ2) is 8.98. The van der Waals surface area contributed by atoms with E-state index < -0.39 is 11.9 Å². The summed E-state index contributed by atoms with van der Waals surface area (Å²) in [4.78, 5) is 23.0. The van der Waals surface area contributed by atoms with Gasteiger partial charge in [0.05, 0.1) is 11.8 Å². The monoisotopic (exact) mass is 283 g/mol. The first kappa shape index (κ1) is 17.0. The van der Waals surface area contributed by atoms with Crippen molar-refractivity contribution in [2.45, 2.75) is 65.2 Å². The predicted molar refractivity (Wildman–Crippen MR) is 79.4 cm³/mol. The van der Waals surface area contributed by atoms with Crippen molar-refractivity contribution in [2.24, 2.45) is 17.8 Å². The summed E-state index contributed by atoms with van der Waals surface area (Å²) in [6.07, 6.45) is 8.09. The molecule has 0 aromatic rings. The molecule has 0 aliphatic heterocycles. The third-order valence-electron chi connectivity index (χ3n) is 4.18. The van der Waals surface area contributed by atoms with E-state index in [1.807, 2.05) is 0 Å². The highest BCUT2D eigenvalue weighted by Gasteiger charge is 2.37. The highest BCUT2D eigenvalue weighted by atomic mass is 16.4. The lowest BCUT2D eigenvalue weighted by Gasteiger charge is -2.15. The zero-order valence-electron chi connectivity index (χ0n) is 12.9. The van der Waals surface area contributed by atoms with Gasteiger partial charge in [-0.1, -0.05) is 46.0 Å². The number of carboxylic acid groups (broad SMARTS) is 1. The topological polar surface area (TPSA) is 66.4 Å². The van der Waals surface area contributed by atoms with Crippen LogP contribution >= 0.6 is 0 Å². The van der Waals surface area contributed by atoms with Crippen LogP contribution in [0.4, 0.5) is 0 Å². The number of hydrogen-bond donors (Lipinski definition) is 2. The lowest BCUT2D eigenvalue weighted by Crippen LogP contribution is -2.35. The maximum atomic E-state index is 12.0. The first-order chi connectivity index (χ1) is 9.52. The van der Waals surface area contributed by atoms with Crippen LogP contribution in [0.2, 0.25) is 0 Å². The first-order valence-electron chi connectivity index (χ1n) is 8.03. The van der Waals surface area contributed by atoms with Gasteiger partial charge in [-0.05, 0) is 25.2 Å². The quantitative estimate of drug-likeness (QED) is 0.639. The van der Waals surface area contributed by atoms with Crippen LogP contribution in [0.5, 0.6) is 0 Å². The normalized spacial score (nSPS) is 22.1.